The SMILES string of the molecule is NCC#Cc1cc(F)ccc1C(=O)N1CCCSCC1. The predicted molar refractivity (Wildman–Crippen MR) is 80.2 cm³/mol. The monoisotopic (exact) mass is 292 g/mol. The maximum Gasteiger partial charge on any atom is 0.255 e. The molecule has 1 aromatic rings. The maximum absolute atomic E-state index is 13.3. The van der Waals surface area contributed by atoms with Gasteiger partial charge in [0.1, 0.15) is 5.82 Å². The van der Waals surface area contributed by atoms with Gasteiger partial charge in [-0.25, -0.2) is 4.39 Å². The highest BCUT2D eigenvalue weighted by Gasteiger charge is 2.19. The Morgan fingerprint density at radius 1 is 1.40 bits per heavy atom. The number of thioether (sulfide) groups is 1. The smallest absolute Gasteiger partial charge is 0.255 e. The Morgan fingerprint density at radius 3 is 3.05 bits per heavy atom. The fourth-order valence-corrected chi connectivity index (χ4v) is 2.96. The van der Waals surface area contributed by atoms with Crippen LogP contribution in [0.25, 0.3) is 0 Å². The van der Waals surface area contributed by atoms with Gasteiger partial charge >= 0.3 is 0 Å². The molecular formula is C15H17FN2OS. The molecule has 1 aliphatic heterocycles. The number of carbonyl (C=O) groups is 1. The lowest BCUT2D eigenvalue weighted by Gasteiger charge is -2.20. The lowest BCUT2D eigenvalue weighted by molar-refractivity contribution is 0.0768. The predicted octanol–water partition coefficient (Wildman–Crippen LogP) is 1.72. The molecule has 1 aromatic carbocycles. The fraction of sp³-hybridized carbons (Fsp3) is 0.400. The van der Waals surface area contributed by atoms with E-state index in [4.69, 9.17) is 5.73 Å². The van der Waals surface area contributed by atoms with E-state index in [2.05, 4.69) is 11.8 Å². The summed E-state index contributed by atoms with van der Waals surface area (Å²) < 4.78 is 13.3. The van der Waals surface area contributed by atoms with Crippen molar-refractivity contribution in [3.63, 3.8) is 0 Å². The Kier molecular flexibility index (Phi) is 5.45. The summed E-state index contributed by atoms with van der Waals surface area (Å²) in [7, 11) is 0. The molecule has 1 amide bonds. The minimum absolute atomic E-state index is 0.0752. The Labute approximate surface area is 122 Å². The third kappa shape index (κ3) is 3.75. The standard InChI is InChI=1S/C15H17FN2OS/c16-13-4-5-14(12(11-13)3-1-6-17)15(19)18-7-2-9-20-10-8-18/h4-5,11H,2,6-10,17H2. The van der Waals surface area contributed by atoms with Crippen molar-refractivity contribution < 1.29 is 9.18 Å². The van der Waals surface area contributed by atoms with Crippen molar-refractivity contribution in [3.8, 4) is 11.8 Å². The Morgan fingerprint density at radius 2 is 2.25 bits per heavy atom. The molecule has 0 saturated carbocycles. The highest BCUT2D eigenvalue weighted by molar-refractivity contribution is 7.99. The molecule has 20 heavy (non-hydrogen) atoms. The van der Waals surface area contributed by atoms with Gasteiger partial charge in [-0.3, -0.25) is 4.79 Å². The number of rotatable bonds is 1. The van der Waals surface area contributed by atoms with Crippen LogP contribution in [0, 0.1) is 17.7 Å². The minimum atomic E-state index is -0.394. The van der Waals surface area contributed by atoms with E-state index >= 15 is 0 Å². The van der Waals surface area contributed by atoms with E-state index in [1.165, 1.54) is 18.2 Å². The van der Waals surface area contributed by atoms with E-state index < -0.39 is 5.82 Å². The summed E-state index contributed by atoms with van der Waals surface area (Å²) in [6, 6.07) is 4.10. The van der Waals surface area contributed by atoms with E-state index in [-0.39, 0.29) is 12.5 Å². The zero-order valence-electron chi connectivity index (χ0n) is 11.2. The van der Waals surface area contributed by atoms with Gasteiger partial charge in [0.15, 0.2) is 0 Å². The molecule has 0 aromatic heterocycles. The third-order valence-electron chi connectivity index (χ3n) is 3.05. The molecule has 106 valence electrons. The van der Waals surface area contributed by atoms with Gasteiger partial charge in [-0.1, -0.05) is 11.8 Å². The van der Waals surface area contributed by atoms with Crippen LogP contribution in [0.2, 0.25) is 0 Å². The molecule has 1 fully saturated rings. The van der Waals surface area contributed by atoms with Crippen molar-refractivity contribution in [1.29, 1.82) is 0 Å². The first-order valence-electron chi connectivity index (χ1n) is 6.58. The van der Waals surface area contributed by atoms with Crippen LogP contribution < -0.4 is 5.73 Å². The Balaban J connectivity index is 2.28. The zero-order valence-corrected chi connectivity index (χ0v) is 12.0. The summed E-state index contributed by atoms with van der Waals surface area (Å²) in [5, 5.41) is 0. The summed E-state index contributed by atoms with van der Waals surface area (Å²) in [6.07, 6.45) is 0.988. The quantitative estimate of drug-likeness (QED) is 0.802. The summed E-state index contributed by atoms with van der Waals surface area (Å²) in [4.78, 5) is 14.4. The normalized spacial score (nSPS) is 15.2. The van der Waals surface area contributed by atoms with E-state index in [0.717, 1.165) is 31.0 Å². The van der Waals surface area contributed by atoms with Crippen LogP contribution in [-0.2, 0) is 0 Å². The van der Waals surface area contributed by atoms with Gasteiger partial charge in [-0.05, 0) is 30.4 Å². The van der Waals surface area contributed by atoms with Crippen LogP contribution >= 0.6 is 11.8 Å². The number of nitrogens with two attached hydrogens (primary N) is 1. The molecule has 0 bridgehead atoms. The second-order valence-electron chi connectivity index (χ2n) is 4.45. The molecule has 0 spiro atoms. The largest absolute Gasteiger partial charge is 0.338 e. The first kappa shape index (κ1) is 14.9. The Bertz CT molecular complexity index is 543. The van der Waals surface area contributed by atoms with Gasteiger partial charge in [0, 0.05) is 24.4 Å². The number of hydrogen-bond donors (Lipinski definition) is 1. The molecule has 1 heterocycles. The van der Waals surface area contributed by atoms with Crippen molar-refractivity contribution in [2.75, 3.05) is 31.1 Å². The van der Waals surface area contributed by atoms with E-state index in [1.807, 2.05) is 16.7 Å². The molecule has 2 rings (SSSR count). The molecule has 0 aliphatic carbocycles. The lowest BCUT2D eigenvalue weighted by atomic mass is 10.1. The first-order valence-corrected chi connectivity index (χ1v) is 7.73. The highest BCUT2D eigenvalue weighted by atomic mass is 32.2. The summed E-state index contributed by atoms with van der Waals surface area (Å²) in [5.74, 6) is 7.01. The minimum Gasteiger partial charge on any atom is -0.338 e. The molecule has 2 N–H and O–H groups in total. The second kappa shape index (κ2) is 7.32. The van der Waals surface area contributed by atoms with Gasteiger partial charge in [0.25, 0.3) is 5.91 Å². The highest BCUT2D eigenvalue weighted by Crippen LogP contribution is 2.16. The van der Waals surface area contributed by atoms with Crippen LogP contribution in [0.4, 0.5) is 4.39 Å². The number of nitrogens with zero attached hydrogens (tertiary/aromatic N) is 1. The summed E-state index contributed by atoms with van der Waals surface area (Å²) >= 11 is 1.85. The van der Waals surface area contributed by atoms with Crippen LogP contribution in [0.1, 0.15) is 22.3 Å². The van der Waals surface area contributed by atoms with Crippen molar-refractivity contribution in [2.45, 2.75) is 6.42 Å². The van der Waals surface area contributed by atoms with Gasteiger partial charge in [0.05, 0.1) is 12.1 Å². The van der Waals surface area contributed by atoms with E-state index in [9.17, 15) is 9.18 Å². The molecule has 0 radical (unpaired) electrons. The number of benzene rings is 1. The molecule has 0 atom stereocenters. The first-order chi connectivity index (χ1) is 9.72. The van der Waals surface area contributed by atoms with Crippen molar-refractivity contribution >= 4 is 17.7 Å². The van der Waals surface area contributed by atoms with Crippen LogP contribution in [0.15, 0.2) is 18.2 Å². The van der Waals surface area contributed by atoms with Crippen LogP contribution in [0.3, 0.4) is 0 Å². The molecule has 3 nitrogen and oxygen atoms in total. The maximum atomic E-state index is 13.3. The third-order valence-corrected chi connectivity index (χ3v) is 4.10. The molecule has 1 saturated heterocycles. The number of amides is 1. The van der Waals surface area contributed by atoms with Crippen LogP contribution in [0.5, 0.6) is 0 Å². The number of carbonyl (C=O) groups excluding carboxylic acids is 1. The second-order valence-corrected chi connectivity index (χ2v) is 5.68. The number of hydrogen-bond acceptors (Lipinski definition) is 3. The molecule has 5 heteroatoms. The average Bonchev–Trinajstić information content (AvgIpc) is 2.73. The van der Waals surface area contributed by atoms with Gasteiger partial charge < -0.3 is 10.6 Å². The van der Waals surface area contributed by atoms with Gasteiger partial charge in [-0.2, -0.15) is 11.8 Å². The Hall–Kier alpha value is -1.51. The zero-order chi connectivity index (χ0) is 14.4. The topological polar surface area (TPSA) is 46.3 Å². The van der Waals surface area contributed by atoms with Crippen molar-refractivity contribution in [1.82, 2.24) is 4.90 Å². The van der Waals surface area contributed by atoms with Crippen molar-refractivity contribution in [3.05, 3.63) is 35.1 Å². The van der Waals surface area contributed by atoms with Crippen molar-refractivity contribution in [2.24, 2.45) is 5.73 Å². The lowest BCUT2D eigenvalue weighted by Crippen LogP contribution is -2.33. The summed E-state index contributed by atoms with van der Waals surface area (Å²) in [5.41, 5.74) is 6.21. The van der Waals surface area contributed by atoms with E-state index in [1.54, 1.807) is 0 Å². The van der Waals surface area contributed by atoms with Gasteiger partial charge in [0.2, 0.25) is 0 Å². The molecule has 0 unspecified atom stereocenters. The summed E-state index contributed by atoms with van der Waals surface area (Å²) in [6.45, 7) is 1.65. The van der Waals surface area contributed by atoms with Gasteiger partial charge in [-0.15, -0.1) is 0 Å². The van der Waals surface area contributed by atoms with Crippen LogP contribution in [-0.4, -0.2) is 41.9 Å². The van der Waals surface area contributed by atoms with E-state index in [0.29, 0.717) is 11.1 Å². The number of halogens is 1. The molecule has 1 aliphatic rings. The average molecular weight is 292 g/mol. The molecular weight excluding hydrogens is 275 g/mol. The fourth-order valence-electron chi connectivity index (χ4n) is 2.07.